The lowest BCUT2D eigenvalue weighted by atomic mass is 9.74. The van der Waals surface area contributed by atoms with Crippen LogP contribution in [0.1, 0.15) is 24.0 Å². The lowest BCUT2D eigenvalue weighted by molar-refractivity contribution is -0.122. The maximum absolute atomic E-state index is 12.5. The Bertz CT molecular complexity index is 796. The molecular weight excluding hydrogens is 316 g/mol. The van der Waals surface area contributed by atoms with Crippen LogP contribution >= 0.6 is 0 Å². The van der Waals surface area contributed by atoms with Crippen molar-refractivity contribution in [2.24, 2.45) is 0 Å². The van der Waals surface area contributed by atoms with Crippen LogP contribution < -0.4 is 5.32 Å². The molecule has 25 heavy (non-hydrogen) atoms. The maximum Gasteiger partial charge on any atom is 0.410 e. The fourth-order valence-electron chi connectivity index (χ4n) is 3.75. The molecule has 0 bridgehead atoms. The molecule has 128 valence electrons. The minimum Gasteiger partial charge on any atom is -0.445 e. The minimum atomic E-state index is -0.507. The van der Waals surface area contributed by atoms with Crippen LogP contribution in [0.4, 0.5) is 10.5 Å². The van der Waals surface area contributed by atoms with E-state index in [-0.39, 0.29) is 18.6 Å². The Kier molecular flexibility index (Phi) is 3.92. The third-order valence-corrected chi connectivity index (χ3v) is 5.21. The Hall–Kier alpha value is -2.82. The lowest BCUT2D eigenvalue weighted by Gasteiger charge is -2.37. The van der Waals surface area contributed by atoms with E-state index in [1.165, 1.54) is 0 Å². The molecule has 5 nitrogen and oxygen atoms in total. The quantitative estimate of drug-likeness (QED) is 0.915. The van der Waals surface area contributed by atoms with Gasteiger partial charge in [0.1, 0.15) is 6.61 Å². The fourth-order valence-corrected chi connectivity index (χ4v) is 3.75. The third-order valence-electron chi connectivity index (χ3n) is 5.21. The second-order valence-corrected chi connectivity index (χ2v) is 6.61. The van der Waals surface area contributed by atoms with E-state index >= 15 is 0 Å². The minimum absolute atomic E-state index is 0.0472. The van der Waals surface area contributed by atoms with Gasteiger partial charge in [-0.1, -0.05) is 48.5 Å². The third kappa shape index (κ3) is 2.76. The summed E-state index contributed by atoms with van der Waals surface area (Å²) in [6, 6.07) is 17.5. The van der Waals surface area contributed by atoms with Gasteiger partial charge in [0, 0.05) is 18.8 Å². The summed E-state index contributed by atoms with van der Waals surface area (Å²) in [6.45, 7) is 1.31. The van der Waals surface area contributed by atoms with Crippen LogP contribution in [-0.2, 0) is 21.6 Å². The fraction of sp³-hybridized carbons (Fsp3) is 0.300. The van der Waals surface area contributed by atoms with E-state index < -0.39 is 5.41 Å². The number of nitrogens with one attached hydrogen (secondary N) is 1. The van der Waals surface area contributed by atoms with Crippen LogP contribution in [0.15, 0.2) is 54.6 Å². The number of para-hydroxylation sites is 1. The smallest absolute Gasteiger partial charge is 0.410 e. The molecule has 1 saturated heterocycles. The van der Waals surface area contributed by atoms with Crippen molar-refractivity contribution in [3.8, 4) is 0 Å². The number of anilines is 1. The molecule has 2 aromatic rings. The number of likely N-dealkylation sites (tertiary alicyclic amines) is 1. The number of hydrogen-bond donors (Lipinski definition) is 1. The molecule has 0 unspecified atom stereocenters. The van der Waals surface area contributed by atoms with Gasteiger partial charge < -0.3 is 15.0 Å². The van der Waals surface area contributed by atoms with Crippen LogP contribution in [0.2, 0.25) is 0 Å². The molecule has 2 heterocycles. The summed E-state index contributed by atoms with van der Waals surface area (Å²) in [4.78, 5) is 26.6. The molecular formula is C20H20N2O3. The van der Waals surface area contributed by atoms with Crippen molar-refractivity contribution < 1.29 is 14.3 Å². The highest BCUT2D eigenvalue weighted by molar-refractivity contribution is 6.06. The molecule has 0 radical (unpaired) electrons. The van der Waals surface area contributed by atoms with E-state index in [9.17, 15) is 9.59 Å². The van der Waals surface area contributed by atoms with E-state index in [4.69, 9.17) is 4.74 Å². The zero-order valence-electron chi connectivity index (χ0n) is 13.9. The summed E-state index contributed by atoms with van der Waals surface area (Å²) in [5, 5.41) is 2.98. The van der Waals surface area contributed by atoms with Gasteiger partial charge in [0.15, 0.2) is 0 Å². The topological polar surface area (TPSA) is 58.6 Å². The van der Waals surface area contributed by atoms with Gasteiger partial charge in [-0.15, -0.1) is 0 Å². The molecule has 1 N–H and O–H groups in total. The molecule has 0 saturated carbocycles. The van der Waals surface area contributed by atoms with E-state index in [1.807, 2.05) is 54.6 Å². The molecule has 1 fully saturated rings. The summed E-state index contributed by atoms with van der Waals surface area (Å²) in [5.74, 6) is 0.0472. The lowest BCUT2D eigenvalue weighted by Crippen LogP contribution is -2.48. The van der Waals surface area contributed by atoms with Crippen molar-refractivity contribution in [1.82, 2.24) is 4.90 Å². The summed E-state index contributed by atoms with van der Waals surface area (Å²) < 4.78 is 5.40. The molecule has 0 aromatic heterocycles. The molecule has 0 aliphatic carbocycles. The largest absolute Gasteiger partial charge is 0.445 e. The zero-order valence-corrected chi connectivity index (χ0v) is 13.9. The number of benzene rings is 2. The Labute approximate surface area is 146 Å². The van der Waals surface area contributed by atoms with Gasteiger partial charge in [-0.2, -0.15) is 0 Å². The van der Waals surface area contributed by atoms with E-state index in [0.717, 1.165) is 16.8 Å². The highest BCUT2D eigenvalue weighted by Crippen LogP contribution is 2.44. The molecule has 1 spiro atoms. The number of ether oxygens (including phenoxy) is 1. The van der Waals surface area contributed by atoms with Gasteiger partial charge in [-0.3, -0.25) is 4.79 Å². The van der Waals surface area contributed by atoms with Gasteiger partial charge in [-0.05, 0) is 30.0 Å². The number of hydrogen-bond acceptors (Lipinski definition) is 3. The van der Waals surface area contributed by atoms with E-state index in [2.05, 4.69) is 5.32 Å². The van der Waals surface area contributed by atoms with Crippen LogP contribution in [0.25, 0.3) is 0 Å². The van der Waals surface area contributed by atoms with Gasteiger partial charge in [0.25, 0.3) is 0 Å². The molecule has 0 atom stereocenters. The van der Waals surface area contributed by atoms with Crippen LogP contribution in [0.5, 0.6) is 0 Å². The van der Waals surface area contributed by atoms with Crippen LogP contribution in [-0.4, -0.2) is 30.0 Å². The number of piperidine rings is 1. The molecule has 5 heteroatoms. The van der Waals surface area contributed by atoms with Gasteiger partial charge in [0.2, 0.25) is 5.91 Å². The normalized spacial score (nSPS) is 17.9. The average molecular weight is 336 g/mol. The Balaban J connectivity index is 1.40. The zero-order chi connectivity index (χ0) is 17.3. The highest BCUT2D eigenvalue weighted by atomic mass is 16.6. The molecule has 2 aliphatic rings. The number of rotatable bonds is 2. The van der Waals surface area contributed by atoms with E-state index in [0.29, 0.717) is 25.9 Å². The Morgan fingerprint density at radius 3 is 2.48 bits per heavy atom. The summed E-state index contributed by atoms with van der Waals surface area (Å²) in [7, 11) is 0. The van der Waals surface area contributed by atoms with Crippen molar-refractivity contribution >= 4 is 17.7 Å². The standard InChI is InChI=1S/C20H20N2O3/c23-18-20(16-8-4-5-9-17(16)21-18)10-12-22(13-11-20)19(24)25-14-15-6-2-1-3-7-15/h1-9H,10-14H2,(H,21,23). The average Bonchev–Trinajstić information content (AvgIpc) is 2.93. The summed E-state index contributed by atoms with van der Waals surface area (Å²) in [5.41, 5.74) is 2.41. The molecule has 2 amide bonds. The first-order valence-corrected chi connectivity index (χ1v) is 8.56. The summed E-state index contributed by atoms with van der Waals surface area (Å²) in [6.07, 6.45) is 0.928. The first kappa shape index (κ1) is 15.7. The van der Waals surface area contributed by atoms with Crippen LogP contribution in [0, 0.1) is 0 Å². The monoisotopic (exact) mass is 336 g/mol. The van der Waals surface area contributed by atoms with Gasteiger partial charge >= 0.3 is 6.09 Å². The molecule has 2 aliphatic heterocycles. The number of carbonyl (C=O) groups is 2. The van der Waals surface area contributed by atoms with Crippen LogP contribution in [0.3, 0.4) is 0 Å². The van der Waals surface area contributed by atoms with Gasteiger partial charge in [-0.25, -0.2) is 4.79 Å². The first-order chi connectivity index (χ1) is 12.2. The summed E-state index contributed by atoms with van der Waals surface area (Å²) >= 11 is 0. The molecule has 4 rings (SSSR count). The number of nitrogens with zero attached hydrogens (tertiary/aromatic N) is 1. The predicted molar refractivity (Wildman–Crippen MR) is 94.2 cm³/mol. The Morgan fingerprint density at radius 1 is 1.04 bits per heavy atom. The van der Waals surface area contributed by atoms with Crippen molar-refractivity contribution in [3.63, 3.8) is 0 Å². The maximum atomic E-state index is 12.5. The predicted octanol–water partition coefficient (Wildman–Crippen LogP) is 3.31. The second kappa shape index (κ2) is 6.24. The van der Waals surface area contributed by atoms with Crippen molar-refractivity contribution in [3.05, 3.63) is 65.7 Å². The van der Waals surface area contributed by atoms with E-state index in [1.54, 1.807) is 4.90 Å². The van der Waals surface area contributed by atoms with Gasteiger partial charge in [0.05, 0.1) is 5.41 Å². The van der Waals surface area contributed by atoms with Crippen molar-refractivity contribution in [2.45, 2.75) is 24.9 Å². The van der Waals surface area contributed by atoms with Crippen molar-refractivity contribution in [2.75, 3.05) is 18.4 Å². The number of fused-ring (bicyclic) bond motifs is 2. The number of carbonyl (C=O) groups excluding carboxylic acids is 2. The Morgan fingerprint density at radius 2 is 1.72 bits per heavy atom. The SMILES string of the molecule is O=C(OCc1ccccc1)N1CCC2(CC1)C(=O)Nc1ccccc12. The highest BCUT2D eigenvalue weighted by Gasteiger charge is 2.48. The second-order valence-electron chi connectivity index (χ2n) is 6.61. The van der Waals surface area contributed by atoms with Crippen molar-refractivity contribution in [1.29, 1.82) is 0 Å². The molecule has 2 aromatic carbocycles. The first-order valence-electron chi connectivity index (χ1n) is 8.56. The number of amides is 2.